The molecule has 1 aromatic heterocycles. The van der Waals surface area contributed by atoms with E-state index in [4.69, 9.17) is 0 Å². The highest BCUT2D eigenvalue weighted by Gasteiger charge is 2.00. The monoisotopic (exact) mass is 316 g/mol. The molecule has 2 aromatic rings. The third-order valence-corrected chi connectivity index (χ3v) is 3.04. The van der Waals surface area contributed by atoms with Crippen LogP contribution in [0.2, 0.25) is 0 Å². The molecule has 0 atom stereocenters. The third kappa shape index (κ3) is 4.34. The van der Waals surface area contributed by atoms with Crippen molar-refractivity contribution < 1.29 is 4.79 Å². The molecule has 19 heavy (non-hydrogen) atoms. The smallest absolute Gasteiger partial charge is 0.187 e. The van der Waals surface area contributed by atoms with Crippen LogP contribution in [-0.2, 0) is 6.54 Å². The van der Waals surface area contributed by atoms with Gasteiger partial charge in [-0.1, -0.05) is 22.0 Å². The highest BCUT2D eigenvalue weighted by Crippen LogP contribution is 2.11. The van der Waals surface area contributed by atoms with Gasteiger partial charge in [0.2, 0.25) is 0 Å². The molecule has 2 rings (SSSR count). The van der Waals surface area contributed by atoms with Crippen LogP contribution in [0.3, 0.4) is 0 Å². The summed E-state index contributed by atoms with van der Waals surface area (Å²) >= 11 is 3.34. The summed E-state index contributed by atoms with van der Waals surface area (Å²) in [5.41, 5.74) is 1.74. The molecule has 0 unspecified atom stereocenters. The van der Waals surface area contributed by atoms with Crippen molar-refractivity contribution in [2.45, 2.75) is 6.54 Å². The number of hydrogen-bond acceptors (Lipinski definition) is 3. The van der Waals surface area contributed by atoms with Crippen molar-refractivity contribution in [3.8, 4) is 0 Å². The number of nitrogens with one attached hydrogen (secondary N) is 1. The quantitative estimate of drug-likeness (QED) is 0.679. The fraction of sp³-hybridized carbons (Fsp3) is 0.0667. The molecule has 0 aliphatic heterocycles. The lowest BCUT2D eigenvalue weighted by Gasteiger charge is -2.00. The van der Waals surface area contributed by atoms with Crippen molar-refractivity contribution in [2.24, 2.45) is 0 Å². The number of carbonyl (C=O) groups excluding carboxylic acids is 1. The molecule has 0 amide bonds. The van der Waals surface area contributed by atoms with Crippen molar-refractivity contribution in [1.29, 1.82) is 0 Å². The Morgan fingerprint density at radius 1 is 1.26 bits per heavy atom. The SMILES string of the molecule is O=C(/C=C/NCc1cccnc1)c1ccc(Br)cc1. The largest absolute Gasteiger partial charge is 0.387 e. The summed E-state index contributed by atoms with van der Waals surface area (Å²) in [6, 6.07) is 11.1. The Morgan fingerprint density at radius 3 is 2.74 bits per heavy atom. The second-order valence-electron chi connectivity index (χ2n) is 3.95. The Hall–Kier alpha value is -1.94. The molecule has 0 saturated heterocycles. The van der Waals surface area contributed by atoms with Gasteiger partial charge in [0.1, 0.15) is 0 Å². The lowest BCUT2D eigenvalue weighted by atomic mass is 10.1. The number of carbonyl (C=O) groups is 1. The average Bonchev–Trinajstić information content (AvgIpc) is 2.45. The van der Waals surface area contributed by atoms with Crippen LogP contribution in [0.4, 0.5) is 0 Å². The summed E-state index contributed by atoms with van der Waals surface area (Å²) in [6.07, 6.45) is 6.71. The van der Waals surface area contributed by atoms with Gasteiger partial charge in [0.25, 0.3) is 0 Å². The number of hydrogen-bond donors (Lipinski definition) is 1. The number of benzene rings is 1. The van der Waals surface area contributed by atoms with E-state index in [9.17, 15) is 4.79 Å². The Labute approximate surface area is 120 Å². The zero-order valence-electron chi connectivity index (χ0n) is 10.2. The van der Waals surface area contributed by atoms with Gasteiger partial charge in [0.15, 0.2) is 5.78 Å². The molecule has 96 valence electrons. The number of rotatable bonds is 5. The number of pyridine rings is 1. The predicted octanol–water partition coefficient (Wildman–Crippen LogP) is 3.33. The van der Waals surface area contributed by atoms with Gasteiger partial charge in [-0.05, 0) is 35.9 Å². The molecule has 3 nitrogen and oxygen atoms in total. The zero-order chi connectivity index (χ0) is 13.5. The molecule has 0 saturated carbocycles. The highest BCUT2D eigenvalue weighted by molar-refractivity contribution is 9.10. The van der Waals surface area contributed by atoms with Crippen molar-refractivity contribution in [3.63, 3.8) is 0 Å². The van der Waals surface area contributed by atoms with Gasteiger partial charge in [-0.2, -0.15) is 0 Å². The molecule has 4 heteroatoms. The van der Waals surface area contributed by atoms with E-state index in [0.717, 1.165) is 10.0 Å². The minimum absolute atomic E-state index is 0.0220. The van der Waals surface area contributed by atoms with Crippen LogP contribution in [0, 0.1) is 0 Å². The lowest BCUT2D eigenvalue weighted by Crippen LogP contribution is -2.06. The first-order chi connectivity index (χ1) is 9.25. The first-order valence-electron chi connectivity index (χ1n) is 5.84. The van der Waals surface area contributed by atoms with Crippen molar-refractivity contribution >= 4 is 21.7 Å². The highest BCUT2D eigenvalue weighted by atomic mass is 79.9. The van der Waals surface area contributed by atoms with Crippen LogP contribution in [0.25, 0.3) is 0 Å². The van der Waals surface area contributed by atoms with Crippen LogP contribution in [0.5, 0.6) is 0 Å². The molecule has 0 bridgehead atoms. The number of ketones is 1. The summed E-state index contributed by atoms with van der Waals surface area (Å²) in [5.74, 6) is -0.0220. The number of aromatic nitrogens is 1. The van der Waals surface area contributed by atoms with E-state index in [-0.39, 0.29) is 5.78 Å². The fourth-order valence-corrected chi connectivity index (χ4v) is 1.79. The molecule has 0 spiro atoms. The van der Waals surface area contributed by atoms with Gasteiger partial charge in [0.05, 0.1) is 0 Å². The van der Waals surface area contributed by atoms with Gasteiger partial charge in [-0.25, -0.2) is 0 Å². The maximum absolute atomic E-state index is 11.8. The van der Waals surface area contributed by atoms with Gasteiger partial charge in [-0.3, -0.25) is 9.78 Å². The summed E-state index contributed by atoms with van der Waals surface area (Å²) in [6.45, 7) is 0.651. The molecule has 0 aliphatic carbocycles. The Morgan fingerprint density at radius 2 is 2.05 bits per heavy atom. The van der Waals surface area contributed by atoms with E-state index < -0.39 is 0 Å². The van der Waals surface area contributed by atoms with E-state index in [1.54, 1.807) is 30.7 Å². The fourth-order valence-electron chi connectivity index (χ4n) is 1.52. The van der Waals surface area contributed by atoms with Crippen LogP contribution in [-0.4, -0.2) is 10.8 Å². The second-order valence-corrected chi connectivity index (χ2v) is 4.86. The molecule has 1 heterocycles. The first kappa shape index (κ1) is 13.5. The maximum Gasteiger partial charge on any atom is 0.187 e. The number of allylic oxidation sites excluding steroid dienone is 1. The minimum Gasteiger partial charge on any atom is -0.387 e. The topological polar surface area (TPSA) is 42.0 Å². The number of halogens is 1. The van der Waals surface area contributed by atoms with E-state index in [2.05, 4.69) is 26.2 Å². The van der Waals surface area contributed by atoms with Gasteiger partial charge in [0, 0.05) is 41.3 Å². The predicted molar refractivity (Wildman–Crippen MR) is 78.7 cm³/mol. The van der Waals surface area contributed by atoms with Gasteiger partial charge < -0.3 is 5.32 Å². The van der Waals surface area contributed by atoms with Crippen molar-refractivity contribution in [3.05, 3.63) is 76.7 Å². The molecule has 0 aliphatic rings. The molecule has 0 radical (unpaired) electrons. The molecular weight excluding hydrogens is 304 g/mol. The standard InChI is InChI=1S/C15H13BrN2O/c16-14-5-3-13(4-6-14)15(19)7-9-18-11-12-2-1-8-17-10-12/h1-10,18H,11H2/b9-7+. The van der Waals surface area contributed by atoms with Crippen molar-refractivity contribution in [1.82, 2.24) is 10.3 Å². The normalized spacial score (nSPS) is 10.6. The summed E-state index contributed by atoms with van der Waals surface area (Å²) in [5, 5.41) is 3.06. The number of nitrogens with zero attached hydrogens (tertiary/aromatic N) is 1. The van der Waals surface area contributed by atoms with Gasteiger partial charge in [-0.15, -0.1) is 0 Å². The molecule has 1 N–H and O–H groups in total. The van der Waals surface area contributed by atoms with E-state index >= 15 is 0 Å². The van der Waals surface area contributed by atoms with Crippen LogP contribution >= 0.6 is 15.9 Å². The summed E-state index contributed by atoms with van der Waals surface area (Å²) in [7, 11) is 0. The maximum atomic E-state index is 11.8. The molecule has 1 aromatic carbocycles. The minimum atomic E-state index is -0.0220. The first-order valence-corrected chi connectivity index (χ1v) is 6.64. The van der Waals surface area contributed by atoms with E-state index in [1.807, 2.05) is 24.3 Å². The van der Waals surface area contributed by atoms with Crippen LogP contribution in [0.1, 0.15) is 15.9 Å². The zero-order valence-corrected chi connectivity index (χ0v) is 11.8. The Kier molecular flexibility index (Phi) is 4.86. The van der Waals surface area contributed by atoms with E-state index in [0.29, 0.717) is 12.1 Å². The summed E-state index contributed by atoms with van der Waals surface area (Å²) in [4.78, 5) is 15.8. The Bertz CT molecular complexity index is 564. The van der Waals surface area contributed by atoms with Crippen molar-refractivity contribution in [2.75, 3.05) is 0 Å². The second kappa shape index (κ2) is 6.85. The van der Waals surface area contributed by atoms with Gasteiger partial charge >= 0.3 is 0 Å². The molecule has 0 fully saturated rings. The molecular formula is C15H13BrN2O. The summed E-state index contributed by atoms with van der Waals surface area (Å²) < 4.78 is 0.961. The average molecular weight is 317 g/mol. The third-order valence-electron chi connectivity index (χ3n) is 2.51. The van der Waals surface area contributed by atoms with Crippen LogP contribution in [0.15, 0.2) is 65.5 Å². The van der Waals surface area contributed by atoms with E-state index in [1.165, 1.54) is 6.08 Å². The Balaban J connectivity index is 1.85. The lowest BCUT2D eigenvalue weighted by molar-refractivity contribution is 0.104. The van der Waals surface area contributed by atoms with Crippen LogP contribution < -0.4 is 5.32 Å².